The molecule has 4 N–H and O–H groups in total. The molecule has 0 aliphatic carbocycles. The van der Waals surface area contributed by atoms with Crippen molar-refractivity contribution >= 4 is 23.3 Å². The molecule has 0 unspecified atom stereocenters. The Balaban J connectivity index is 1.70. The van der Waals surface area contributed by atoms with Gasteiger partial charge in [0.15, 0.2) is 0 Å². The number of nitrogens with zero attached hydrogens (tertiary/aromatic N) is 1. The lowest BCUT2D eigenvalue weighted by atomic mass is 9.78. The van der Waals surface area contributed by atoms with E-state index in [0.29, 0.717) is 19.2 Å². The van der Waals surface area contributed by atoms with Gasteiger partial charge in [-0.3, -0.25) is 0 Å². The number of carbonyl (C=O) groups is 1. The van der Waals surface area contributed by atoms with Crippen LogP contribution in [0.2, 0.25) is 6.32 Å². The van der Waals surface area contributed by atoms with Crippen LogP contribution in [0.1, 0.15) is 59.9 Å². The SMILES string of the molecule is CC(C)(O)CNS(=O)(=O)N1C[C@H](CCCB2OC(C)(C)C(C)(C)O2)[C@](N)(C(=O)OCc2ccccc2)C1. The van der Waals surface area contributed by atoms with Crippen LogP contribution in [0.4, 0.5) is 0 Å². The second-order valence-corrected chi connectivity index (χ2v) is 13.6. The minimum Gasteiger partial charge on any atom is -0.459 e. The van der Waals surface area contributed by atoms with Crippen molar-refractivity contribution in [2.45, 2.75) is 89.7 Å². The van der Waals surface area contributed by atoms with Gasteiger partial charge < -0.3 is 24.9 Å². The van der Waals surface area contributed by atoms with Gasteiger partial charge in [0.1, 0.15) is 12.1 Å². The Morgan fingerprint density at radius 1 is 1.22 bits per heavy atom. The first kappa shape index (κ1) is 30.0. The maximum Gasteiger partial charge on any atom is 0.457 e. The molecule has 2 heterocycles. The minimum atomic E-state index is -3.98. The summed E-state index contributed by atoms with van der Waals surface area (Å²) in [4.78, 5) is 13.3. The third-order valence-corrected chi connectivity index (χ3v) is 8.97. The highest BCUT2D eigenvalue weighted by molar-refractivity contribution is 7.87. The molecule has 2 fully saturated rings. The lowest BCUT2D eigenvalue weighted by Gasteiger charge is -2.32. The topological polar surface area (TPSA) is 140 Å². The van der Waals surface area contributed by atoms with Crippen LogP contribution >= 0.6 is 0 Å². The predicted octanol–water partition coefficient (Wildman–Crippen LogP) is 1.84. The van der Waals surface area contributed by atoms with E-state index in [-0.39, 0.29) is 26.2 Å². The van der Waals surface area contributed by atoms with Crippen LogP contribution in [0.25, 0.3) is 0 Å². The second kappa shape index (κ2) is 10.9. The Morgan fingerprint density at radius 2 is 1.81 bits per heavy atom. The molecule has 2 atom stereocenters. The van der Waals surface area contributed by atoms with Crippen LogP contribution in [0.5, 0.6) is 0 Å². The number of nitrogens with one attached hydrogen (secondary N) is 1. The fourth-order valence-corrected chi connectivity index (χ4v) is 5.97. The van der Waals surface area contributed by atoms with Crippen molar-refractivity contribution in [3.8, 4) is 0 Å². The molecular weight excluding hydrogens is 497 g/mol. The van der Waals surface area contributed by atoms with Gasteiger partial charge in [0.05, 0.1) is 16.8 Å². The van der Waals surface area contributed by atoms with E-state index in [1.165, 1.54) is 18.2 Å². The number of carbonyl (C=O) groups excluding carboxylic acids is 1. The molecule has 0 bridgehead atoms. The van der Waals surface area contributed by atoms with Crippen molar-refractivity contribution in [2.75, 3.05) is 19.6 Å². The molecule has 0 aromatic heterocycles. The average Bonchev–Trinajstić information content (AvgIpc) is 3.24. The maximum absolute atomic E-state index is 13.3. The van der Waals surface area contributed by atoms with E-state index in [9.17, 15) is 18.3 Å². The molecule has 0 spiro atoms. The van der Waals surface area contributed by atoms with Gasteiger partial charge in [0.2, 0.25) is 0 Å². The molecule has 0 radical (unpaired) electrons. The van der Waals surface area contributed by atoms with Gasteiger partial charge in [0, 0.05) is 25.6 Å². The average molecular weight is 540 g/mol. The number of hydrogen-bond acceptors (Lipinski definition) is 8. The molecule has 0 amide bonds. The monoisotopic (exact) mass is 539 g/mol. The van der Waals surface area contributed by atoms with Gasteiger partial charge in [0.25, 0.3) is 10.2 Å². The zero-order chi connectivity index (χ0) is 27.7. The fraction of sp³-hybridized carbons (Fsp3) is 0.720. The molecule has 2 aliphatic heterocycles. The smallest absolute Gasteiger partial charge is 0.457 e. The summed E-state index contributed by atoms with van der Waals surface area (Å²) in [7, 11) is -4.37. The van der Waals surface area contributed by atoms with E-state index in [1.54, 1.807) is 0 Å². The standard InChI is InChI=1S/C25H42BN3O7S/c1-22(2,31)17-28-37(32,33)29-15-20(13-10-14-26-35-23(3,4)24(5,6)36-26)25(27,18-29)21(30)34-16-19-11-8-7-9-12-19/h7-9,11-12,20,28,31H,10,13-18,27H2,1-6H3/t20-,25-/m0/s1. The quantitative estimate of drug-likeness (QED) is 0.286. The second-order valence-electron chi connectivity index (χ2n) is 11.8. The Hall–Kier alpha value is -1.54. The summed E-state index contributed by atoms with van der Waals surface area (Å²) in [5.74, 6) is -1.12. The van der Waals surface area contributed by atoms with Crippen LogP contribution in [-0.2, 0) is 35.7 Å². The highest BCUT2D eigenvalue weighted by Crippen LogP contribution is 2.39. The molecule has 208 valence electrons. The zero-order valence-corrected chi connectivity index (χ0v) is 23.6. The number of esters is 1. The first-order valence-electron chi connectivity index (χ1n) is 12.8. The molecular formula is C25H42BN3O7S. The number of rotatable bonds is 11. The summed E-state index contributed by atoms with van der Waals surface area (Å²) in [6.45, 7) is 10.7. The summed E-state index contributed by atoms with van der Waals surface area (Å²) in [6.07, 6.45) is 1.69. The molecule has 10 nitrogen and oxygen atoms in total. The normalized spacial score (nSPS) is 25.9. The largest absolute Gasteiger partial charge is 0.459 e. The van der Waals surface area contributed by atoms with E-state index in [2.05, 4.69) is 4.72 Å². The highest BCUT2D eigenvalue weighted by Gasteiger charge is 2.54. The Bertz CT molecular complexity index is 1030. The summed E-state index contributed by atoms with van der Waals surface area (Å²) in [5.41, 5.74) is 3.81. The van der Waals surface area contributed by atoms with Crippen molar-refractivity contribution in [1.29, 1.82) is 0 Å². The molecule has 37 heavy (non-hydrogen) atoms. The number of ether oxygens (including phenoxy) is 1. The van der Waals surface area contributed by atoms with Gasteiger partial charge in [-0.2, -0.15) is 17.4 Å². The number of aliphatic hydroxyl groups is 1. The van der Waals surface area contributed by atoms with Crippen molar-refractivity contribution in [1.82, 2.24) is 9.03 Å². The highest BCUT2D eigenvalue weighted by atomic mass is 32.2. The van der Waals surface area contributed by atoms with E-state index in [1.807, 2.05) is 58.0 Å². The van der Waals surface area contributed by atoms with E-state index in [0.717, 1.165) is 5.56 Å². The Labute approximate surface area is 221 Å². The summed E-state index contributed by atoms with van der Waals surface area (Å²) >= 11 is 0. The molecule has 0 saturated carbocycles. The summed E-state index contributed by atoms with van der Waals surface area (Å²) in [5, 5.41) is 9.97. The third kappa shape index (κ3) is 7.32. The van der Waals surface area contributed by atoms with Crippen LogP contribution in [0, 0.1) is 5.92 Å². The lowest BCUT2D eigenvalue weighted by molar-refractivity contribution is -0.152. The van der Waals surface area contributed by atoms with Crippen LogP contribution in [0.15, 0.2) is 30.3 Å². The van der Waals surface area contributed by atoms with Crippen LogP contribution in [-0.4, -0.2) is 72.9 Å². The van der Waals surface area contributed by atoms with Gasteiger partial charge in [-0.05, 0) is 59.8 Å². The lowest BCUT2D eigenvalue weighted by Crippen LogP contribution is -2.56. The van der Waals surface area contributed by atoms with E-state index >= 15 is 0 Å². The van der Waals surface area contributed by atoms with Gasteiger partial charge >= 0.3 is 13.1 Å². The van der Waals surface area contributed by atoms with Crippen molar-refractivity contribution in [3.63, 3.8) is 0 Å². The van der Waals surface area contributed by atoms with Crippen molar-refractivity contribution < 1.29 is 32.4 Å². The molecule has 1 aromatic carbocycles. The van der Waals surface area contributed by atoms with Crippen LogP contribution < -0.4 is 10.5 Å². The number of benzene rings is 1. The van der Waals surface area contributed by atoms with E-state index < -0.39 is 51.6 Å². The zero-order valence-electron chi connectivity index (χ0n) is 22.8. The maximum atomic E-state index is 13.3. The number of nitrogens with two attached hydrogens (primary N) is 1. The van der Waals surface area contributed by atoms with Gasteiger partial charge in [-0.25, -0.2) is 4.79 Å². The Morgan fingerprint density at radius 3 is 2.38 bits per heavy atom. The first-order valence-corrected chi connectivity index (χ1v) is 14.2. The predicted molar refractivity (Wildman–Crippen MR) is 142 cm³/mol. The molecule has 2 aliphatic rings. The van der Waals surface area contributed by atoms with E-state index in [4.69, 9.17) is 19.8 Å². The van der Waals surface area contributed by atoms with Gasteiger partial charge in [-0.1, -0.05) is 36.8 Å². The van der Waals surface area contributed by atoms with Crippen molar-refractivity contribution in [2.24, 2.45) is 11.7 Å². The summed E-state index contributed by atoms with van der Waals surface area (Å²) < 4.78 is 47.3. The molecule has 2 saturated heterocycles. The molecule has 1 aromatic rings. The van der Waals surface area contributed by atoms with Crippen LogP contribution in [0.3, 0.4) is 0 Å². The fourth-order valence-electron chi connectivity index (χ4n) is 4.49. The molecule has 3 rings (SSSR count). The minimum absolute atomic E-state index is 0.0446. The molecule has 12 heteroatoms. The first-order chi connectivity index (χ1) is 17.0. The summed E-state index contributed by atoms with van der Waals surface area (Å²) in [6, 6.07) is 9.23. The third-order valence-electron chi connectivity index (χ3n) is 7.50. The van der Waals surface area contributed by atoms with Crippen molar-refractivity contribution in [3.05, 3.63) is 35.9 Å². The number of hydrogen-bond donors (Lipinski definition) is 3. The van der Waals surface area contributed by atoms with Gasteiger partial charge in [-0.15, -0.1) is 0 Å². The Kier molecular flexibility index (Phi) is 8.85.